The second-order valence-corrected chi connectivity index (χ2v) is 9.58. The fraction of sp³-hybridized carbons (Fsp3) is 0.138. The number of hydrogen-bond donors (Lipinski definition) is 1. The molecule has 3 aromatic carbocycles. The Morgan fingerprint density at radius 1 is 0.778 bits per heavy atom. The van der Waals surface area contributed by atoms with E-state index < -0.39 is 0 Å². The minimum Gasteiger partial charge on any atom is -0.348 e. The topological polar surface area (TPSA) is 66.8 Å². The number of anilines is 1. The van der Waals surface area contributed by atoms with E-state index in [1.165, 1.54) is 5.56 Å². The van der Waals surface area contributed by atoms with Crippen molar-refractivity contribution in [1.82, 2.24) is 24.8 Å². The van der Waals surface area contributed by atoms with Crippen LogP contribution in [0.25, 0.3) is 43.9 Å². The lowest BCUT2D eigenvalue weighted by atomic mass is 9.99. The largest absolute Gasteiger partial charge is 0.348 e. The predicted molar refractivity (Wildman–Crippen MR) is 149 cm³/mol. The molecule has 1 atom stereocenters. The summed E-state index contributed by atoms with van der Waals surface area (Å²) in [5, 5.41) is 6.22. The monoisotopic (exact) mass is 486 g/mol. The van der Waals surface area contributed by atoms with Gasteiger partial charge in [-0.1, -0.05) is 42.5 Å². The Bertz CT molecular complexity index is 1790. The fourth-order valence-corrected chi connectivity index (χ4v) is 5.51. The van der Waals surface area contributed by atoms with E-state index in [-0.39, 0.29) is 0 Å². The first-order chi connectivity index (χ1) is 17.7. The van der Waals surface area contributed by atoms with Crippen LogP contribution in [-0.2, 0) is 0 Å². The van der Waals surface area contributed by atoms with Gasteiger partial charge in [0.1, 0.15) is 11.0 Å². The maximum absolute atomic E-state index is 5.78. The standard InChI is InChI=1S/C29H22N6S/c36-29(35-15-12-19(17-35)18-6-2-1-3-7-18)32-20-10-11-23-24(16-20)34-28-26-22(9-5-14-31-26)21-8-4-13-30-25(21)27(28)33-23/h1-11,13-14,16,19H,12,15,17H2,(H,32,36)/t19-/m1/s1. The van der Waals surface area contributed by atoms with Crippen molar-refractivity contribution in [3.8, 4) is 0 Å². The second-order valence-electron chi connectivity index (χ2n) is 9.20. The van der Waals surface area contributed by atoms with E-state index in [2.05, 4.69) is 62.6 Å². The number of benzene rings is 3. The van der Waals surface area contributed by atoms with Crippen LogP contribution in [0.3, 0.4) is 0 Å². The second kappa shape index (κ2) is 8.46. The van der Waals surface area contributed by atoms with Gasteiger partial charge in [-0.25, -0.2) is 9.97 Å². The van der Waals surface area contributed by atoms with Crippen LogP contribution in [0, 0.1) is 0 Å². The zero-order chi connectivity index (χ0) is 24.1. The Hall–Kier alpha value is -4.23. The highest BCUT2D eigenvalue weighted by molar-refractivity contribution is 7.80. The minimum atomic E-state index is 0.504. The van der Waals surface area contributed by atoms with Crippen LogP contribution in [0.4, 0.5) is 5.69 Å². The summed E-state index contributed by atoms with van der Waals surface area (Å²) in [6.07, 6.45) is 4.69. The predicted octanol–water partition coefficient (Wildman–Crippen LogP) is 6.07. The number of pyridine rings is 2. The summed E-state index contributed by atoms with van der Waals surface area (Å²) in [6, 6.07) is 24.7. The summed E-state index contributed by atoms with van der Waals surface area (Å²) in [5.74, 6) is 0.504. The summed E-state index contributed by atoms with van der Waals surface area (Å²) in [7, 11) is 0. The van der Waals surface area contributed by atoms with Crippen molar-refractivity contribution in [2.75, 3.05) is 18.4 Å². The SMILES string of the molecule is S=C(Nc1ccc2nc3c4ncccc4c4cccnc4c3nc2c1)N1CC[C@@H](c2ccccc2)C1. The number of likely N-dealkylation sites (tertiary alicyclic amines) is 1. The third-order valence-electron chi connectivity index (χ3n) is 7.02. The van der Waals surface area contributed by atoms with Gasteiger partial charge in [-0.2, -0.15) is 0 Å². The summed E-state index contributed by atoms with van der Waals surface area (Å²) >= 11 is 5.78. The Morgan fingerprint density at radius 3 is 2.19 bits per heavy atom. The quantitative estimate of drug-likeness (QED) is 0.181. The number of nitrogens with zero attached hydrogens (tertiary/aromatic N) is 5. The summed E-state index contributed by atoms with van der Waals surface area (Å²) in [5.41, 5.74) is 7.08. The first-order valence-corrected chi connectivity index (χ1v) is 12.5. The molecule has 6 aromatic rings. The Labute approximate surface area is 213 Å². The average Bonchev–Trinajstić information content (AvgIpc) is 3.44. The molecule has 0 spiro atoms. The number of hydrogen-bond acceptors (Lipinski definition) is 5. The number of thiocarbonyl (C=S) groups is 1. The maximum atomic E-state index is 5.78. The number of rotatable bonds is 2. The molecule has 7 heteroatoms. The number of nitrogens with one attached hydrogen (secondary N) is 1. The van der Waals surface area contributed by atoms with E-state index in [1.54, 1.807) is 12.4 Å². The maximum Gasteiger partial charge on any atom is 0.173 e. The van der Waals surface area contributed by atoms with E-state index in [1.807, 2.05) is 30.3 Å². The van der Waals surface area contributed by atoms with Crippen LogP contribution in [-0.4, -0.2) is 43.0 Å². The zero-order valence-corrected chi connectivity index (χ0v) is 20.2. The smallest absolute Gasteiger partial charge is 0.173 e. The first-order valence-electron chi connectivity index (χ1n) is 12.1. The van der Waals surface area contributed by atoms with Crippen molar-refractivity contribution in [3.63, 3.8) is 0 Å². The first kappa shape index (κ1) is 21.1. The molecule has 0 saturated carbocycles. The normalized spacial score (nSPS) is 15.8. The number of aromatic nitrogens is 4. The van der Waals surface area contributed by atoms with Crippen molar-refractivity contribution in [1.29, 1.82) is 0 Å². The lowest BCUT2D eigenvalue weighted by Crippen LogP contribution is -2.32. The van der Waals surface area contributed by atoms with Gasteiger partial charge in [-0.3, -0.25) is 9.97 Å². The van der Waals surface area contributed by atoms with Crippen LogP contribution in [0.2, 0.25) is 0 Å². The summed E-state index contributed by atoms with van der Waals surface area (Å²) in [6.45, 7) is 1.87. The Balaban J connectivity index is 1.24. The molecule has 1 N–H and O–H groups in total. The van der Waals surface area contributed by atoms with Gasteiger partial charge in [0, 0.05) is 47.9 Å². The molecule has 1 fully saturated rings. The van der Waals surface area contributed by atoms with Gasteiger partial charge >= 0.3 is 0 Å². The average molecular weight is 487 g/mol. The van der Waals surface area contributed by atoms with Gasteiger partial charge in [0.15, 0.2) is 5.11 Å². The van der Waals surface area contributed by atoms with E-state index in [0.717, 1.165) is 74.2 Å². The lowest BCUT2D eigenvalue weighted by Gasteiger charge is -2.21. The van der Waals surface area contributed by atoms with Gasteiger partial charge in [-0.15, -0.1) is 0 Å². The van der Waals surface area contributed by atoms with Crippen molar-refractivity contribution in [2.45, 2.75) is 12.3 Å². The van der Waals surface area contributed by atoms with E-state index >= 15 is 0 Å². The Morgan fingerprint density at radius 2 is 1.47 bits per heavy atom. The van der Waals surface area contributed by atoms with Crippen molar-refractivity contribution >= 4 is 66.9 Å². The molecule has 1 aliphatic heterocycles. The molecule has 1 saturated heterocycles. The summed E-state index contributed by atoms with van der Waals surface area (Å²) in [4.78, 5) is 21.5. The van der Waals surface area contributed by atoms with Gasteiger partial charge < -0.3 is 10.2 Å². The van der Waals surface area contributed by atoms with Crippen molar-refractivity contribution in [3.05, 3.63) is 90.8 Å². The molecule has 0 radical (unpaired) electrons. The number of fused-ring (bicyclic) bond motifs is 7. The van der Waals surface area contributed by atoms with Gasteiger partial charge in [0.05, 0.1) is 22.1 Å². The van der Waals surface area contributed by atoms with Crippen LogP contribution < -0.4 is 5.32 Å². The zero-order valence-electron chi connectivity index (χ0n) is 19.4. The molecule has 174 valence electrons. The highest BCUT2D eigenvalue weighted by atomic mass is 32.1. The molecule has 4 heterocycles. The lowest BCUT2D eigenvalue weighted by molar-refractivity contribution is 0.518. The van der Waals surface area contributed by atoms with Crippen LogP contribution in [0.5, 0.6) is 0 Å². The molecule has 6 nitrogen and oxygen atoms in total. The van der Waals surface area contributed by atoms with E-state index in [0.29, 0.717) is 5.92 Å². The third kappa shape index (κ3) is 3.51. The van der Waals surface area contributed by atoms with Crippen molar-refractivity contribution < 1.29 is 0 Å². The van der Waals surface area contributed by atoms with Crippen molar-refractivity contribution in [2.24, 2.45) is 0 Å². The molecular formula is C29H22N6S. The molecule has 1 aliphatic rings. The fourth-order valence-electron chi connectivity index (χ4n) is 5.23. The van der Waals surface area contributed by atoms with E-state index in [9.17, 15) is 0 Å². The highest BCUT2D eigenvalue weighted by Gasteiger charge is 2.25. The molecule has 36 heavy (non-hydrogen) atoms. The third-order valence-corrected chi connectivity index (χ3v) is 7.38. The van der Waals surface area contributed by atoms with Crippen LogP contribution >= 0.6 is 12.2 Å². The highest BCUT2D eigenvalue weighted by Crippen LogP contribution is 2.32. The molecule has 3 aromatic heterocycles. The molecule has 7 rings (SSSR count). The molecule has 0 aliphatic carbocycles. The van der Waals surface area contributed by atoms with Crippen LogP contribution in [0.1, 0.15) is 17.9 Å². The van der Waals surface area contributed by atoms with Gasteiger partial charge in [0.25, 0.3) is 0 Å². The molecular weight excluding hydrogens is 464 g/mol. The van der Waals surface area contributed by atoms with Gasteiger partial charge in [0.2, 0.25) is 0 Å². The van der Waals surface area contributed by atoms with Crippen LogP contribution in [0.15, 0.2) is 85.2 Å². The molecule has 0 amide bonds. The minimum absolute atomic E-state index is 0.504. The molecule has 0 bridgehead atoms. The Kier molecular flexibility index (Phi) is 4.96. The van der Waals surface area contributed by atoms with Gasteiger partial charge in [-0.05, 0) is 54.5 Å². The summed E-state index contributed by atoms with van der Waals surface area (Å²) < 4.78 is 0. The van der Waals surface area contributed by atoms with E-state index in [4.69, 9.17) is 22.2 Å². The molecule has 0 unspecified atom stereocenters.